The molecule has 0 bridgehead atoms. The largest absolute Gasteiger partial charge is 0.413 e. The van der Waals surface area contributed by atoms with E-state index >= 15 is 0 Å². The summed E-state index contributed by atoms with van der Waals surface area (Å²) < 4.78 is 4.97. The van der Waals surface area contributed by atoms with Crippen LogP contribution in [0.25, 0.3) is 0 Å². The van der Waals surface area contributed by atoms with Crippen molar-refractivity contribution in [3.63, 3.8) is 0 Å². The van der Waals surface area contributed by atoms with E-state index in [-0.39, 0.29) is 32.9 Å². The number of rotatable bonds is 7. The van der Waals surface area contributed by atoms with Gasteiger partial charge in [-0.1, -0.05) is 54.6 Å². The summed E-state index contributed by atoms with van der Waals surface area (Å²) in [6.45, 7) is 18.9. The van der Waals surface area contributed by atoms with E-state index in [0.717, 1.165) is 13.0 Å². The summed E-state index contributed by atoms with van der Waals surface area (Å²) in [6, 6.07) is 0. The molecule has 6 heteroatoms. The summed E-state index contributed by atoms with van der Waals surface area (Å²) in [5.41, 5.74) is 0. The second kappa shape index (κ2) is 30.5. The van der Waals surface area contributed by atoms with Crippen LogP contribution in [0.2, 0.25) is 0 Å². The summed E-state index contributed by atoms with van der Waals surface area (Å²) in [6.07, 6.45) is 1.53. The van der Waals surface area contributed by atoms with E-state index in [2.05, 4.69) is 26.1 Å². The first-order valence-corrected chi connectivity index (χ1v) is 8.66. The summed E-state index contributed by atoms with van der Waals surface area (Å²) >= 11 is 0. The zero-order valence-electron chi connectivity index (χ0n) is 17.4. The van der Waals surface area contributed by atoms with Crippen LogP contribution in [-0.4, -0.2) is 50.6 Å². The zero-order chi connectivity index (χ0) is 19.3. The minimum Gasteiger partial charge on any atom is -0.413 e. The fraction of sp³-hybridized carbons (Fsp3) is 0.833. The van der Waals surface area contributed by atoms with Crippen LogP contribution < -0.4 is 5.32 Å². The molecule has 0 saturated heterocycles. The fourth-order valence-electron chi connectivity index (χ4n) is 0.788. The van der Waals surface area contributed by atoms with Crippen LogP contribution in [0.5, 0.6) is 0 Å². The van der Waals surface area contributed by atoms with E-state index in [1.807, 2.05) is 27.7 Å². The van der Waals surface area contributed by atoms with Gasteiger partial charge in [-0.15, -0.1) is 0 Å². The second-order valence-electron chi connectivity index (χ2n) is 4.59. The fourth-order valence-corrected chi connectivity index (χ4v) is 0.788. The number of carbonyl (C=O) groups excluding carboxylic acids is 2. The molecule has 0 heterocycles. The number of carbonyl (C=O) groups is 2. The Morgan fingerprint density at radius 1 is 1.17 bits per heavy atom. The van der Waals surface area contributed by atoms with Crippen LogP contribution in [0.3, 0.4) is 0 Å². The molecule has 0 aromatic carbocycles. The van der Waals surface area contributed by atoms with Crippen molar-refractivity contribution in [2.75, 3.05) is 33.9 Å². The molecule has 0 aromatic rings. The Morgan fingerprint density at radius 3 is 1.88 bits per heavy atom. The van der Waals surface area contributed by atoms with Crippen molar-refractivity contribution in [3.05, 3.63) is 6.92 Å². The standard InChI is InChI=1S/C10H20NO2.C4H9NO.2C2H6.W/c1-4-9(3)8-11-10(12)6-7-13-5-2;1-4(6)5(2)3;2*1-2;/h9H,2,4-8H2,1,3H3,(H,11,12);1-3H3;2*1-2H3;/q-1;;;;. The molecule has 0 aliphatic carbocycles. The molecule has 0 aliphatic heterocycles. The minimum atomic E-state index is 0. The van der Waals surface area contributed by atoms with E-state index < -0.39 is 0 Å². The van der Waals surface area contributed by atoms with Crippen molar-refractivity contribution < 1.29 is 35.4 Å². The Labute approximate surface area is 165 Å². The quantitative estimate of drug-likeness (QED) is 0.416. The number of hydrogen-bond acceptors (Lipinski definition) is 3. The van der Waals surface area contributed by atoms with Crippen LogP contribution >= 0.6 is 0 Å². The molecule has 0 radical (unpaired) electrons. The van der Waals surface area contributed by atoms with Gasteiger partial charge >= 0.3 is 0 Å². The number of nitrogens with one attached hydrogen (secondary N) is 1. The molecule has 0 spiro atoms. The molecule has 0 fully saturated rings. The number of amides is 2. The van der Waals surface area contributed by atoms with Crippen LogP contribution in [0.15, 0.2) is 0 Å². The van der Waals surface area contributed by atoms with Gasteiger partial charge in [0.15, 0.2) is 0 Å². The van der Waals surface area contributed by atoms with Gasteiger partial charge in [0.25, 0.3) is 0 Å². The van der Waals surface area contributed by atoms with E-state index in [4.69, 9.17) is 4.74 Å². The first-order valence-electron chi connectivity index (χ1n) is 8.66. The summed E-state index contributed by atoms with van der Waals surface area (Å²) in [4.78, 5) is 22.7. The van der Waals surface area contributed by atoms with E-state index in [9.17, 15) is 9.59 Å². The molecule has 2 amide bonds. The SMILES string of the molecule is CC.CC.CC(=O)N(C)C.[CH2-]COCCC(=O)NCC(C)CC.[W]. The maximum atomic E-state index is 11.1. The smallest absolute Gasteiger partial charge is 0.222 e. The molecule has 0 rings (SSSR count). The third kappa shape index (κ3) is 37.7. The predicted octanol–water partition coefficient (Wildman–Crippen LogP) is 3.53. The molecule has 1 atom stereocenters. The number of nitrogens with zero attached hydrogens (tertiary/aromatic N) is 1. The van der Waals surface area contributed by atoms with Crippen LogP contribution in [-0.2, 0) is 35.4 Å². The van der Waals surface area contributed by atoms with Gasteiger partial charge in [-0.05, 0) is 5.92 Å². The molecular weight excluding hydrogens is 476 g/mol. The van der Waals surface area contributed by atoms with Crippen LogP contribution in [0.1, 0.15) is 61.3 Å². The Balaban J connectivity index is -0.0000000924. The van der Waals surface area contributed by atoms with E-state index in [1.54, 1.807) is 14.1 Å². The van der Waals surface area contributed by atoms with Crippen molar-refractivity contribution in [3.8, 4) is 0 Å². The van der Waals surface area contributed by atoms with Crippen molar-refractivity contribution in [2.45, 2.75) is 61.3 Å². The topological polar surface area (TPSA) is 58.6 Å². The minimum absolute atomic E-state index is 0. The molecule has 24 heavy (non-hydrogen) atoms. The van der Waals surface area contributed by atoms with Crippen molar-refractivity contribution in [1.29, 1.82) is 0 Å². The first-order chi connectivity index (χ1) is 10.8. The van der Waals surface area contributed by atoms with Gasteiger partial charge in [0.1, 0.15) is 0 Å². The second-order valence-corrected chi connectivity index (χ2v) is 4.59. The van der Waals surface area contributed by atoms with Crippen molar-refractivity contribution in [1.82, 2.24) is 10.2 Å². The van der Waals surface area contributed by atoms with Gasteiger partial charge < -0.3 is 21.9 Å². The average molecular weight is 517 g/mol. The third-order valence-corrected chi connectivity index (χ3v) is 2.59. The molecule has 148 valence electrons. The third-order valence-electron chi connectivity index (χ3n) is 2.59. The maximum absolute atomic E-state index is 11.1. The van der Waals surface area contributed by atoms with Crippen molar-refractivity contribution in [2.24, 2.45) is 5.92 Å². The normalized spacial score (nSPS) is 9.25. The molecule has 5 nitrogen and oxygen atoms in total. The van der Waals surface area contributed by atoms with Gasteiger partial charge in [-0.25, -0.2) is 0 Å². The summed E-state index contributed by atoms with van der Waals surface area (Å²) in [5, 5.41) is 2.85. The first kappa shape index (κ1) is 34.8. The monoisotopic (exact) mass is 517 g/mol. The zero-order valence-corrected chi connectivity index (χ0v) is 20.3. The van der Waals surface area contributed by atoms with E-state index in [0.29, 0.717) is 25.6 Å². The van der Waals surface area contributed by atoms with Gasteiger partial charge in [-0.3, -0.25) is 9.59 Å². The Bertz CT molecular complexity index is 250. The summed E-state index contributed by atoms with van der Waals surface area (Å²) in [5.74, 6) is 0.710. The predicted molar refractivity (Wildman–Crippen MR) is 100 cm³/mol. The molecule has 0 saturated carbocycles. The Kier molecular flexibility index (Phi) is 44.2. The van der Waals surface area contributed by atoms with E-state index in [1.165, 1.54) is 11.8 Å². The summed E-state index contributed by atoms with van der Waals surface area (Å²) in [7, 11) is 3.45. The molecule has 0 aromatic heterocycles. The molecule has 1 N–H and O–H groups in total. The number of hydrogen-bond donors (Lipinski definition) is 1. The van der Waals surface area contributed by atoms with Crippen LogP contribution in [0, 0.1) is 12.8 Å². The molecule has 0 aliphatic rings. The van der Waals surface area contributed by atoms with Gasteiger partial charge in [-0.2, -0.15) is 0 Å². The van der Waals surface area contributed by atoms with Crippen molar-refractivity contribution >= 4 is 11.8 Å². The average Bonchev–Trinajstić information content (AvgIpc) is 2.57. The van der Waals surface area contributed by atoms with Crippen LogP contribution in [0.4, 0.5) is 0 Å². The maximum Gasteiger partial charge on any atom is 0.222 e. The Morgan fingerprint density at radius 2 is 1.58 bits per heavy atom. The number of ether oxygens (including phenoxy) is 1. The molecular formula is C18H41N2O3W-. The van der Waals surface area contributed by atoms with Gasteiger partial charge in [0.05, 0.1) is 6.61 Å². The van der Waals surface area contributed by atoms with Gasteiger partial charge in [0.2, 0.25) is 11.8 Å². The molecule has 1 unspecified atom stereocenters. The Hall–Kier alpha value is -0.412. The van der Waals surface area contributed by atoms with Gasteiger partial charge in [0, 0.05) is 55.0 Å².